The molecule has 2 aromatic rings. The summed E-state index contributed by atoms with van der Waals surface area (Å²) in [5.74, 6) is 0.572. The lowest BCUT2D eigenvalue weighted by molar-refractivity contribution is -0.142. The van der Waals surface area contributed by atoms with E-state index in [-0.39, 0.29) is 18.8 Å². The van der Waals surface area contributed by atoms with E-state index in [9.17, 15) is 9.59 Å². The molecule has 0 fully saturated rings. The van der Waals surface area contributed by atoms with E-state index in [0.717, 1.165) is 5.56 Å². The lowest BCUT2D eigenvalue weighted by Crippen LogP contribution is -2.14. The Balaban J connectivity index is 1.87. The van der Waals surface area contributed by atoms with Crippen LogP contribution < -0.4 is 9.47 Å². The van der Waals surface area contributed by atoms with Crippen molar-refractivity contribution < 1.29 is 23.8 Å². The van der Waals surface area contributed by atoms with Gasteiger partial charge in [0.1, 0.15) is 0 Å². The van der Waals surface area contributed by atoms with Crippen molar-refractivity contribution in [2.75, 3.05) is 20.8 Å². The molecular weight excluding hydrogens is 308 g/mol. The molecule has 24 heavy (non-hydrogen) atoms. The summed E-state index contributed by atoms with van der Waals surface area (Å²) in [6.07, 6.45) is 0.602. The lowest BCUT2D eigenvalue weighted by Gasteiger charge is -2.12. The Hall–Kier alpha value is -2.82. The Bertz CT molecular complexity index is 694. The number of Topliss-reactive ketones (excluding diaryl/α,β-unsaturated/α-hetero) is 1. The number of benzene rings is 2. The third-order valence-electron chi connectivity index (χ3n) is 3.54. The molecular formula is C19H20O5. The molecule has 0 bridgehead atoms. The zero-order chi connectivity index (χ0) is 17.4. The van der Waals surface area contributed by atoms with Gasteiger partial charge in [-0.2, -0.15) is 0 Å². The Morgan fingerprint density at radius 1 is 0.917 bits per heavy atom. The summed E-state index contributed by atoms with van der Waals surface area (Å²) < 4.78 is 15.6. The van der Waals surface area contributed by atoms with Crippen molar-refractivity contribution >= 4 is 11.8 Å². The molecule has 5 nitrogen and oxygen atoms in total. The highest BCUT2D eigenvalue weighted by Gasteiger charge is 2.13. The Labute approximate surface area is 141 Å². The van der Waals surface area contributed by atoms with Crippen LogP contribution in [0.3, 0.4) is 0 Å². The standard InChI is InChI=1S/C19H20O5/c1-22-17-10-6-9-15(19(17)23-2)11-12-18(21)24-13-16(20)14-7-4-3-5-8-14/h3-10H,11-13H2,1-2H3. The second kappa shape index (κ2) is 8.72. The first-order chi connectivity index (χ1) is 11.7. The fourth-order valence-electron chi connectivity index (χ4n) is 2.31. The number of hydrogen-bond donors (Lipinski definition) is 0. The highest BCUT2D eigenvalue weighted by molar-refractivity contribution is 5.97. The molecule has 0 saturated carbocycles. The van der Waals surface area contributed by atoms with Crippen LogP contribution in [-0.2, 0) is 16.0 Å². The van der Waals surface area contributed by atoms with Gasteiger partial charge in [0.25, 0.3) is 0 Å². The van der Waals surface area contributed by atoms with Crippen LogP contribution in [0.1, 0.15) is 22.3 Å². The number of methoxy groups -OCH3 is 2. The summed E-state index contributed by atoms with van der Waals surface area (Å²) in [4.78, 5) is 23.8. The van der Waals surface area contributed by atoms with Gasteiger partial charge in [0.15, 0.2) is 23.9 Å². The third-order valence-corrected chi connectivity index (χ3v) is 3.54. The molecule has 0 atom stereocenters. The average molecular weight is 328 g/mol. The Morgan fingerprint density at radius 2 is 1.67 bits per heavy atom. The molecule has 0 N–H and O–H groups in total. The van der Waals surface area contributed by atoms with Crippen LogP contribution in [0.2, 0.25) is 0 Å². The molecule has 0 spiro atoms. The number of carbonyl (C=O) groups is 2. The predicted molar refractivity (Wildman–Crippen MR) is 89.6 cm³/mol. The van der Waals surface area contributed by atoms with Crippen molar-refractivity contribution in [3.63, 3.8) is 0 Å². The van der Waals surface area contributed by atoms with Crippen LogP contribution in [0.15, 0.2) is 48.5 Å². The predicted octanol–water partition coefficient (Wildman–Crippen LogP) is 3.06. The summed E-state index contributed by atoms with van der Waals surface area (Å²) in [6.45, 7) is -0.252. The Kier molecular flexibility index (Phi) is 6.37. The number of carbonyl (C=O) groups excluding carboxylic acids is 2. The van der Waals surface area contributed by atoms with Gasteiger partial charge in [-0.3, -0.25) is 9.59 Å². The summed E-state index contributed by atoms with van der Waals surface area (Å²) in [5.41, 5.74) is 1.38. The molecule has 0 saturated heterocycles. The maximum atomic E-state index is 11.9. The molecule has 0 aliphatic rings. The molecule has 0 aliphatic carbocycles. The molecule has 0 aliphatic heterocycles. The fraction of sp³-hybridized carbons (Fsp3) is 0.263. The van der Waals surface area contributed by atoms with Crippen molar-refractivity contribution in [2.24, 2.45) is 0 Å². The molecule has 0 aromatic heterocycles. The van der Waals surface area contributed by atoms with Crippen LogP contribution in [-0.4, -0.2) is 32.6 Å². The highest BCUT2D eigenvalue weighted by Crippen LogP contribution is 2.31. The van der Waals surface area contributed by atoms with Crippen molar-refractivity contribution in [2.45, 2.75) is 12.8 Å². The molecule has 5 heteroatoms. The van der Waals surface area contributed by atoms with Gasteiger partial charge in [-0.05, 0) is 18.1 Å². The maximum Gasteiger partial charge on any atom is 0.306 e. The molecule has 0 amide bonds. The second-order valence-electron chi connectivity index (χ2n) is 5.10. The van der Waals surface area contributed by atoms with Gasteiger partial charge < -0.3 is 14.2 Å². The van der Waals surface area contributed by atoms with E-state index in [2.05, 4.69) is 0 Å². The van der Waals surface area contributed by atoms with Crippen LogP contribution in [0.4, 0.5) is 0 Å². The number of ketones is 1. The molecule has 0 radical (unpaired) electrons. The minimum atomic E-state index is -0.427. The Morgan fingerprint density at radius 3 is 2.33 bits per heavy atom. The number of aryl methyl sites for hydroxylation is 1. The van der Waals surface area contributed by atoms with Crippen LogP contribution in [0.25, 0.3) is 0 Å². The molecule has 0 heterocycles. The van der Waals surface area contributed by atoms with Crippen molar-refractivity contribution in [1.82, 2.24) is 0 Å². The number of esters is 1. The number of hydrogen-bond acceptors (Lipinski definition) is 5. The number of para-hydroxylation sites is 1. The van der Waals surface area contributed by atoms with Crippen LogP contribution >= 0.6 is 0 Å². The van der Waals surface area contributed by atoms with Gasteiger partial charge in [-0.1, -0.05) is 42.5 Å². The summed E-state index contributed by atoms with van der Waals surface area (Å²) >= 11 is 0. The zero-order valence-electron chi connectivity index (χ0n) is 13.8. The van der Waals surface area contributed by atoms with E-state index < -0.39 is 5.97 Å². The number of rotatable bonds is 8. The zero-order valence-corrected chi connectivity index (χ0v) is 13.8. The van der Waals surface area contributed by atoms with Crippen molar-refractivity contribution in [3.8, 4) is 11.5 Å². The van der Waals surface area contributed by atoms with E-state index in [1.807, 2.05) is 18.2 Å². The average Bonchev–Trinajstić information content (AvgIpc) is 2.64. The minimum Gasteiger partial charge on any atom is -0.493 e. The van der Waals surface area contributed by atoms with Crippen molar-refractivity contribution in [3.05, 3.63) is 59.7 Å². The van der Waals surface area contributed by atoms with E-state index >= 15 is 0 Å². The maximum absolute atomic E-state index is 11.9. The SMILES string of the molecule is COc1cccc(CCC(=O)OCC(=O)c2ccccc2)c1OC. The van der Waals surface area contributed by atoms with Crippen molar-refractivity contribution in [1.29, 1.82) is 0 Å². The van der Waals surface area contributed by atoms with Gasteiger partial charge in [-0.25, -0.2) is 0 Å². The van der Waals surface area contributed by atoms with Gasteiger partial charge in [-0.15, -0.1) is 0 Å². The van der Waals surface area contributed by atoms with E-state index in [1.165, 1.54) is 0 Å². The largest absolute Gasteiger partial charge is 0.493 e. The fourth-order valence-corrected chi connectivity index (χ4v) is 2.31. The molecule has 2 rings (SSSR count). The van der Waals surface area contributed by atoms with E-state index in [0.29, 0.717) is 23.5 Å². The summed E-state index contributed by atoms with van der Waals surface area (Å²) in [5, 5.41) is 0. The van der Waals surface area contributed by atoms with Gasteiger partial charge in [0, 0.05) is 12.0 Å². The molecule has 2 aromatic carbocycles. The first-order valence-corrected chi connectivity index (χ1v) is 7.59. The molecule has 0 unspecified atom stereocenters. The lowest BCUT2D eigenvalue weighted by atomic mass is 10.1. The highest BCUT2D eigenvalue weighted by atomic mass is 16.5. The third kappa shape index (κ3) is 4.59. The van der Waals surface area contributed by atoms with Crippen LogP contribution in [0, 0.1) is 0 Å². The quantitative estimate of drug-likeness (QED) is 0.550. The normalized spacial score (nSPS) is 10.1. The van der Waals surface area contributed by atoms with Gasteiger partial charge in [0.05, 0.1) is 14.2 Å². The topological polar surface area (TPSA) is 61.8 Å². The van der Waals surface area contributed by atoms with Gasteiger partial charge >= 0.3 is 5.97 Å². The number of ether oxygens (including phenoxy) is 3. The summed E-state index contributed by atoms with van der Waals surface area (Å²) in [6, 6.07) is 14.2. The minimum absolute atomic E-state index is 0.158. The van der Waals surface area contributed by atoms with E-state index in [1.54, 1.807) is 44.6 Å². The second-order valence-corrected chi connectivity index (χ2v) is 5.10. The summed E-state index contributed by atoms with van der Waals surface area (Å²) in [7, 11) is 3.11. The monoisotopic (exact) mass is 328 g/mol. The van der Waals surface area contributed by atoms with E-state index in [4.69, 9.17) is 14.2 Å². The first kappa shape index (κ1) is 17.5. The van der Waals surface area contributed by atoms with Gasteiger partial charge in [0.2, 0.25) is 0 Å². The smallest absolute Gasteiger partial charge is 0.306 e. The van der Waals surface area contributed by atoms with Crippen LogP contribution in [0.5, 0.6) is 11.5 Å². The molecule has 126 valence electrons. The first-order valence-electron chi connectivity index (χ1n) is 7.59.